The van der Waals surface area contributed by atoms with E-state index in [0.717, 1.165) is 95.8 Å². The molecule has 0 radical (unpaired) electrons. The molecular weight excluding hydrogens is 1190 g/mol. The van der Waals surface area contributed by atoms with E-state index >= 15 is 0 Å². The number of hydrogen-bond donors (Lipinski definition) is 3. The van der Waals surface area contributed by atoms with Gasteiger partial charge in [-0.15, -0.1) is 0 Å². The smallest absolute Gasteiger partial charge is 0.462 e. The van der Waals surface area contributed by atoms with Crippen molar-refractivity contribution < 1.29 is 80.2 Å². The Labute approximate surface area is 549 Å². The molecular formula is C71H138O17P2. The fourth-order valence-corrected chi connectivity index (χ4v) is 12.4. The van der Waals surface area contributed by atoms with Gasteiger partial charge in [-0.25, -0.2) is 9.13 Å². The highest BCUT2D eigenvalue weighted by Gasteiger charge is 2.30. The minimum atomic E-state index is -4.95. The normalized spacial score (nSPS) is 14.1. The third kappa shape index (κ3) is 64.8. The molecule has 0 aliphatic rings. The van der Waals surface area contributed by atoms with E-state index < -0.39 is 97.5 Å². The van der Waals surface area contributed by atoms with Crippen LogP contribution in [0.15, 0.2) is 0 Å². The van der Waals surface area contributed by atoms with E-state index in [1.54, 1.807) is 0 Å². The van der Waals surface area contributed by atoms with Crippen LogP contribution in [-0.4, -0.2) is 96.7 Å². The molecule has 0 spiro atoms. The lowest BCUT2D eigenvalue weighted by Gasteiger charge is -2.21. The first-order valence-electron chi connectivity index (χ1n) is 37.1. The Morgan fingerprint density at radius 2 is 0.511 bits per heavy atom. The molecule has 0 aliphatic heterocycles. The predicted octanol–water partition coefficient (Wildman–Crippen LogP) is 20.5. The van der Waals surface area contributed by atoms with E-state index in [4.69, 9.17) is 37.0 Å². The van der Waals surface area contributed by atoms with Gasteiger partial charge in [-0.1, -0.05) is 317 Å². The highest BCUT2D eigenvalue weighted by Crippen LogP contribution is 2.45. The zero-order chi connectivity index (χ0) is 66.3. The van der Waals surface area contributed by atoms with E-state index in [1.165, 1.54) is 193 Å². The van der Waals surface area contributed by atoms with Crippen molar-refractivity contribution in [2.24, 2.45) is 5.92 Å². The van der Waals surface area contributed by atoms with Gasteiger partial charge < -0.3 is 33.8 Å². The largest absolute Gasteiger partial charge is 0.472 e. The summed E-state index contributed by atoms with van der Waals surface area (Å²) in [4.78, 5) is 72.6. The van der Waals surface area contributed by atoms with Crippen molar-refractivity contribution in [2.75, 3.05) is 39.6 Å². The van der Waals surface area contributed by atoms with Gasteiger partial charge in [0.1, 0.15) is 19.3 Å². The van der Waals surface area contributed by atoms with Crippen LogP contribution in [0.5, 0.6) is 0 Å². The molecule has 0 heterocycles. The number of unbranched alkanes of at least 4 members (excludes halogenated alkanes) is 43. The molecule has 17 nitrogen and oxygen atoms in total. The molecule has 3 N–H and O–H groups in total. The number of carbonyl (C=O) groups is 4. The molecule has 90 heavy (non-hydrogen) atoms. The van der Waals surface area contributed by atoms with Crippen molar-refractivity contribution in [3.8, 4) is 0 Å². The van der Waals surface area contributed by atoms with Crippen LogP contribution in [0.1, 0.15) is 369 Å². The summed E-state index contributed by atoms with van der Waals surface area (Å²) < 4.78 is 68.3. The summed E-state index contributed by atoms with van der Waals surface area (Å²) in [7, 11) is -9.90. The first kappa shape index (κ1) is 88.1. The molecule has 0 amide bonds. The van der Waals surface area contributed by atoms with E-state index in [1.807, 2.05) is 0 Å². The van der Waals surface area contributed by atoms with Crippen molar-refractivity contribution in [2.45, 2.75) is 387 Å². The van der Waals surface area contributed by atoms with Crippen LogP contribution in [0.25, 0.3) is 0 Å². The topological polar surface area (TPSA) is 237 Å². The Bertz CT molecular complexity index is 1740. The van der Waals surface area contributed by atoms with Gasteiger partial charge in [-0.3, -0.25) is 37.3 Å². The van der Waals surface area contributed by atoms with Gasteiger partial charge in [0.25, 0.3) is 0 Å². The van der Waals surface area contributed by atoms with Gasteiger partial charge in [0, 0.05) is 25.7 Å². The SMILES string of the molecule is CCCCCCCCCCCCCCCC(=O)OC[C@H](COP(=O)(O)OC[C@@H](O)COP(=O)(O)OC[C@@H](COC(=O)CCCCCCCCCCCCC)OC(=O)CCCCCCCCCCCCCCC)OC(=O)CCCCCCCCCCCCC(C)C. The molecule has 534 valence electrons. The van der Waals surface area contributed by atoms with Crippen LogP contribution in [-0.2, 0) is 65.4 Å². The molecule has 2 unspecified atom stereocenters. The summed E-state index contributed by atoms with van der Waals surface area (Å²) in [6, 6.07) is 0. The predicted molar refractivity (Wildman–Crippen MR) is 363 cm³/mol. The minimum Gasteiger partial charge on any atom is -0.462 e. The van der Waals surface area contributed by atoms with Gasteiger partial charge >= 0.3 is 39.5 Å². The Hall–Kier alpha value is -1.94. The van der Waals surface area contributed by atoms with E-state index in [9.17, 15) is 43.2 Å². The second-order valence-corrected chi connectivity index (χ2v) is 29.0. The number of phosphoric acid groups is 2. The lowest BCUT2D eigenvalue weighted by Crippen LogP contribution is -2.30. The third-order valence-electron chi connectivity index (χ3n) is 16.5. The van der Waals surface area contributed by atoms with Crippen molar-refractivity contribution in [1.82, 2.24) is 0 Å². The van der Waals surface area contributed by atoms with Crippen LogP contribution in [0.2, 0.25) is 0 Å². The number of ether oxygens (including phenoxy) is 4. The molecule has 0 aromatic carbocycles. The monoisotopic (exact) mass is 1320 g/mol. The molecule has 0 fully saturated rings. The number of hydrogen-bond acceptors (Lipinski definition) is 15. The van der Waals surface area contributed by atoms with E-state index in [-0.39, 0.29) is 25.7 Å². The van der Waals surface area contributed by atoms with Crippen LogP contribution in [0.4, 0.5) is 0 Å². The highest BCUT2D eigenvalue weighted by molar-refractivity contribution is 7.47. The van der Waals surface area contributed by atoms with Crippen LogP contribution >= 0.6 is 15.6 Å². The Morgan fingerprint density at radius 1 is 0.300 bits per heavy atom. The summed E-state index contributed by atoms with van der Waals surface area (Å²) in [5, 5.41) is 10.6. The molecule has 0 rings (SSSR count). The fourth-order valence-electron chi connectivity index (χ4n) is 10.8. The Kier molecular flexibility index (Phi) is 63.0. The third-order valence-corrected chi connectivity index (χ3v) is 18.4. The fraction of sp³-hybridized carbons (Fsp3) is 0.944. The number of phosphoric ester groups is 2. The average Bonchev–Trinajstić information content (AvgIpc) is 3.03. The molecule has 0 aromatic rings. The number of aliphatic hydroxyl groups excluding tert-OH is 1. The standard InChI is InChI=1S/C71H138O17P2/c1-6-9-12-15-18-21-24-26-29-35-40-45-50-55-69(74)82-61-67(88-71(76)57-52-47-42-37-32-31-33-38-43-48-53-64(4)5)63-86-90(79,80)84-59-65(72)58-83-89(77,78)85-62-66(60-81-68(73)54-49-44-39-34-28-23-20-17-14-11-8-3)87-70(75)56-51-46-41-36-30-27-25-22-19-16-13-10-7-2/h64-67,72H,6-63H2,1-5H3,(H,77,78)(H,79,80)/t65-,66+,67+/m0/s1. The van der Waals surface area contributed by atoms with Crippen LogP contribution < -0.4 is 0 Å². The Morgan fingerprint density at radius 3 is 0.756 bits per heavy atom. The van der Waals surface area contributed by atoms with Gasteiger partial charge in [-0.2, -0.15) is 0 Å². The van der Waals surface area contributed by atoms with Gasteiger partial charge in [0.2, 0.25) is 0 Å². The Balaban J connectivity index is 5.25. The molecule has 5 atom stereocenters. The molecule has 0 aromatic heterocycles. The summed E-state index contributed by atoms with van der Waals surface area (Å²) in [5.74, 6) is -1.37. The lowest BCUT2D eigenvalue weighted by atomic mass is 10.0. The zero-order valence-corrected chi connectivity index (χ0v) is 60.1. The zero-order valence-electron chi connectivity index (χ0n) is 58.3. The molecule has 0 bridgehead atoms. The minimum absolute atomic E-state index is 0.107. The second kappa shape index (κ2) is 64.4. The van der Waals surface area contributed by atoms with Gasteiger partial charge in [-0.05, 0) is 31.6 Å². The first-order valence-corrected chi connectivity index (χ1v) is 40.1. The number of aliphatic hydroxyl groups is 1. The number of rotatable bonds is 71. The molecule has 19 heteroatoms. The van der Waals surface area contributed by atoms with Crippen molar-refractivity contribution >= 4 is 39.5 Å². The summed E-state index contributed by atoms with van der Waals surface area (Å²) in [6.07, 6.45) is 51.1. The maximum atomic E-state index is 13.0. The number of esters is 4. The highest BCUT2D eigenvalue weighted by atomic mass is 31.2. The van der Waals surface area contributed by atoms with Crippen molar-refractivity contribution in [3.05, 3.63) is 0 Å². The first-order chi connectivity index (χ1) is 43.5. The molecule has 0 saturated heterocycles. The van der Waals surface area contributed by atoms with Gasteiger partial charge in [0.15, 0.2) is 12.2 Å². The van der Waals surface area contributed by atoms with Crippen LogP contribution in [0.3, 0.4) is 0 Å². The quantitative estimate of drug-likeness (QED) is 0.0222. The van der Waals surface area contributed by atoms with Crippen molar-refractivity contribution in [1.29, 1.82) is 0 Å². The number of carbonyl (C=O) groups excluding carboxylic acids is 4. The summed E-state index contributed by atoms with van der Waals surface area (Å²) >= 11 is 0. The van der Waals surface area contributed by atoms with E-state index in [0.29, 0.717) is 25.7 Å². The van der Waals surface area contributed by atoms with Crippen molar-refractivity contribution in [3.63, 3.8) is 0 Å². The van der Waals surface area contributed by atoms with Crippen LogP contribution in [0, 0.1) is 5.92 Å². The molecule has 0 aliphatic carbocycles. The summed E-state index contributed by atoms with van der Waals surface area (Å²) in [5.41, 5.74) is 0. The maximum Gasteiger partial charge on any atom is 0.472 e. The maximum absolute atomic E-state index is 13.0. The summed E-state index contributed by atoms with van der Waals surface area (Å²) in [6.45, 7) is 7.25. The second-order valence-electron chi connectivity index (χ2n) is 26.1. The molecule has 0 saturated carbocycles. The average molecular weight is 1330 g/mol. The van der Waals surface area contributed by atoms with E-state index in [2.05, 4.69) is 34.6 Å². The lowest BCUT2D eigenvalue weighted by molar-refractivity contribution is -0.161. The van der Waals surface area contributed by atoms with Gasteiger partial charge in [0.05, 0.1) is 26.4 Å².